The van der Waals surface area contributed by atoms with E-state index in [2.05, 4.69) is 19.2 Å². The third-order valence-corrected chi connectivity index (χ3v) is 4.62. The van der Waals surface area contributed by atoms with E-state index in [1.165, 1.54) is 18.9 Å². The van der Waals surface area contributed by atoms with Gasteiger partial charge in [0.25, 0.3) is 0 Å². The van der Waals surface area contributed by atoms with E-state index in [4.69, 9.17) is 9.47 Å². The van der Waals surface area contributed by atoms with Crippen molar-refractivity contribution in [2.24, 2.45) is 0 Å². The van der Waals surface area contributed by atoms with E-state index in [1.54, 1.807) is 25.3 Å². The van der Waals surface area contributed by atoms with Gasteiger partial charge in [0.05, 0.1) is 19.9 Å². The Labute approximate surface area is 166 Å². The van der Waals surface area contributed by atoms with Crippen molar-refractivity contribution in [2.75, 3.05) is 31.0 Å². The highest BCUT2D eigenvalue weighted by Gasteiger charge is 2.21. The number of hydrogen-bond donors (Lipinski definition) is 1. The van der Waals surface area contributed by atoms with Gasteiger partial charge in [0.2, 0.25) is 11.8 Å². The fourth-order valence-corrected chi connectivity index (χ4v) is 3.10. The van der Waals surface area contributed by atoms with Crippen LogP contribution in [0.5, 0.6) is 11.5 Å². The maximum Gasteiger partial charge on any atom is 0.244 e. The molecule has 0 fully saturated rings. The predicted molar refractivity (Wildman–Crippen MR) is 111 cm³/mol. The van der Waals surface area contributed by atoms with Crippen molar-refractivity contribution in [1.29, 1.82) is 0 Å². The summed E-state index contributed by atoms with van der Waals surface area (Å²) >= 11 is 0. The van der Waals surface area contributed by atoms with Gasteiger partial charge in [-0.15, -0.1) is 0 Å². The van der Waals surface area contributed by atoms with Crippen molar-refractivity contribution in [3.63, 3.8) is 0 Å². The number of ether oxygens (including phenoxy) is 2. The molecule has 0 aromatic heterocycles. The molecular weight excluding hydrogens is 356 g/mol. The van der Waals surface area contributed by atoms with Crippen LogP contribution in [0.3, 0.4) is 0 Å². The van der Waals surface area contributed by atoms with Crippen LogP contribution in [0.2, 0.25) is 0 Å². The van der Waals surface area contributed by atoms with Crippen LogP contribution < -0.4 is 19.7 Å². The smallest absolute Gasteiger partial charge is 0.244 e. The minimum atomic E-state index is -0.260. The lowest BCUT2D eigenvalue weighted by atomic mass is 10.0. The zero-order valence-corrected chi connectivity index (χ0v) is 17.2. The maximum absolute atomic E-state index is 12.8. The molecule has 0 aliphatic heterocycles. The fourth-order valence-electron chi connectivity index (χ4n) is 3.10. The number of rotatable bonds is 8. The number of methoxy groups -OCH3 is 2. The maximum atomic E-state index is 12.8. The van der Waals surface area contributed by atoms with Gasteiger partial charge < -0.3 is 14.8 Å². The molecule has 1 N–H and O–H groups in total. The summed E-state index contributed by atoms with van der Waals surface area (Å²) in [6.07, 6.45) is 1.62. The summed E-state index contributed by atoms with van der Waals surface area (Å²) < 4.78 is 10.6. The van der Waals surface area contributed by atoms with Crippen LogP contribution in [-0.2, 0) is 22.4 Å². The summed E-state index contributed by atoms with van der Waals surface area (Å²) in [6, 6.07) is 11.1. The molecule has 2 rings (SSSR count). The Kier molecular flexibility index (Phi) is 7.44. The number of carbonyl (C=O) groups excluding carboxylic acids is 2. The van der Waals surface area contributed by atoms with E-state index in [0.29, 0.717) is 17.2 Å². The topological polar surface area (TPSA) is 67.9 Å². The minimum Gasteiger partial charge on any atom is -0.497 e. The summed E-state index contributed by atoms with van der Waals surface area (Å²) in [5.41, 5.74) is 3.50. The molecule has 6 heteroatoms. The van der Waals surface area contributed by atoms with Crippen molar-refractivity contribution >= 4 is 23.2 Å². The first-order valence-corrected chi connectivity index (χ1v) is 9.35. The normalized spacial score (nSPS) is 10.3. The molecule has 2 aromatic carbocycles. The highest BCUT2D eigenvalue weighted by atomic mass is 16.5. The number of para-hydroxylation sites is 1. The van der Waals surface area contributed by atoms with Gasteiger partial charge in [0.15, 0.2) is 0 Å². The number of benzene rings is 2. The van der Waals surface area contributed by atoms with E-state index in [9.17, 15) is 9.59 Å². The Morgan fingerprint density at radius 1 is 1.00 bits per heavy atom. The van der Waals surface area contributed by atoms with Gasteiger partial charge in [-0.2, -0.15) is 0 Å². The molecule has 0 aliphatic rings. The van der Waals surface area contributed by atoms with Gasteiger partial charge in [-0.3, -0.25) is 14.5 Å². The average Bonchev–Trinajstić information content (AvgIpc) is 2.71. The van der Waals surface area contributed by atoms with Gasteiger partial charge >= 0.3 is 0 Å². The van der Waals surface area contributed by atoms with Crippen molar-refractivity contribution in [3.8, 4) is 11.5 Å². The van der Waals surface area contributed by atoms with Crippen LogP contribution in [0, 0.1) is 0 Å². The summed E-state index contributed by atoms with van der Waals surface area (Å²) in [5.74, 6) is 0.561. The molecule has 0 saturated heterocycles. The number of aryl methyl sites for hydroxylation is 2. The predicted octanol–water partition coefficient (Wildman–Crippen LogP) is 3.82. The SMILES string of the molecule is CCc1cccc(CC)c1NC(=O)CN(C(C)=O)c1ccc(OC)cc1OC. The molecule has 6 nitrogen and oxygen atoms in total. The summed E-state index contributed by atoms with van der Waals surface area (Å²) in [4.78, 5) is 26.4. The molecule has 2 amide bonds. The lowest BCUT2D eigenvalue weighted by Gasteiger charge is -2.24. The summed E-state index contributed by atoms with van der Waals surface area (Å²) in [6.45, 7) is 5.41. The third kappa shape index (κ3) is 4.82. The minimum absolute atomic E-state index is 0.112. The Bertz CT molecular complexity index is 826. The van der Waals surface area contributed by atoms with E-state index >= 15 is 0 Å². The van der Waals surface area contributed by atoms with Crippen LogP contribution in [0.4, 0.5) is 11.4 Å². The lowest BCUT2D eigenvalue weighted by Crippen LogP contribution is -2.37. The molecule has 150 valence electrons. The van der Waals surface area contributed by atoms with Gasteiger partial charge in [0, 0.05) is 18.7 Å². The standard InChI is InChI=1S/C22H28N2O4/c1-6-16-9-8-10-17(7-2)22(16)23-21(26)14-24(15(3)25)19-12-11-18(27-4)13-20(19)28-5/h8-13H,6-7,14H2,1-5H3,(H,23,26). The van der Waals surface area contributed by atoms with Crippen molar-refractivity contribution in [1.82, 2.24) is 0 Å². The molecule has 0 bridgehead atoms. The number of amides is 2. The average molecular weight is 384 g/mol. The molecule has 0 unspecified atom stereocenters. The fraction of sp³-hybridized carbons (Fsp3) is 0.364. The molecular formula is C22H28N2O4. The summed E-state index contributed by atoms with van der Waals surface area (Å²) in [7, 11) is 3.07. The van der Waals surface area contributed by atoms with Gasteiger partial charge in [0.1, 0.15) is 18.0 Å². The first kappa shape index (κ1) is 21.3. The van der Waals surface area contributed by atoms with Crippen LogP contribution in [-0.4, -0.2) is 32.6 Å². The van der Waals surface area contributed by atoms with Crippen molar-refractivity contribution in [3.05, 3.63) is 47.5 Å². The molecule has 28 heavy (non-hydrogen) atoms. The largest absolute Gasteiger partial charge is 0.497 e. The highest BCUT2D eigenvalue weighted by Crippen LogP contribution is 2.32. The molecule has 0 radical (unpaired) electrons. The van der Waals surface area contributed by atoms with Crippen LogP contribution >= 0.6 is 0 Å². The van der Waals surface area contributed by atoms with Crippen LogP contribution in [0.1, 0.15) is 31.9 Å². The number of hydrogen-bond acceptors (Lipinski definition) is 4. The van der Waals surface area contributed by atoms with Crippen molar-refractivity contribution < 1.29 is 19.1 Å². The monoisotopic (exact) mass is 384 g/mol. The second kappa shape index (κ2) is 9.78. The molecule has 2 aromatic rings. The lowest BCUT2D eigenvalue weighted by molar-refractivity contribution is -0.120. The van der Waals surface area contributed by atoms with Gasteiger partial charge in [-0.1, -0.05) is 32.0 Å². The number of carbonyl (C=O) groups is 2. The second-order valence-electron chi connectivity index (χ2n) is 6.35. The molecule has 0 aliphatic carbocycles. The molecule has 0 heterocycles. The molecule has 0 spiro atoms. The Morgan fingerprint density at radius 2 is 1.64 bits per heavy atom. The molecule has 0 atom stereocenters. The zero-order valence-electron chi connectivity index (χ0n) is 17.2. The third-order valence-electron chi connectivity index (χ3n) is 4.62. The Hall–Kier alpha value is -3.02. The number of anilines is 2. The highest BCUT2D eigenvalue weighted by molar-refractivity contribution is 6.03. The first-order valence-electron chi connectivity index (χ1n) is 9.35. The van der Waals surface area contributed by atoms with E-state index in [1.807, 2.05) is 18.2 Å². The Morgan fingerprint density at radius 3 is 2.14 bits per heavy atom. The van der Waals surface area contributed by atoms with Gasteiger partial charge in [-0.05, 0) is 36.1 Å². The number of nitrogens with one attached hydrogen (secondary N) is 1. The number of nitrogens with zero attached hydrogens (tertiary/aromatic N) is 1. The first-order chi connectivity index (χ1) is 13.4. The van der Waals surface area contributed by atoms with E-state index < -0.39 is 0 Å². The van der Waals surface area contributed by atoms with Gasteiger partial charge in [-0.25, -0.2) is 0 Å². The van der Waals surface area contributed by atoms with Crippen molar-refractivity contribution in [2.45, 2.75) is 33.6 Å². The van der Waals surface area contributed by atoms with Crippen LogP contribution in [0.15, 0.2) is 36.4 Å². The van der Waals surface area contributed by atoms with Crippen LogP contribution in [0.25, 0.3) is 0 Å². The summed E-state index contributed by atoms with van der Waals surface area (Å²) in [5, 5.41) is 3.00. The Balaban J connectivity index is 2.29. The van der Waals surface area contributed by atoms with E-state index in [0.717, 1.165) is 29.7 Å². The zero-order chi connectivity index (χ0) is 20.7. The van der Waals surface area contributed by atoms with E-state index in [-0.39, 0.29) is 18.4 Å². The quantitative estimate of drug-likeness (QED) is 0.751. The molecule has 0 saturated carbocycles. The second-order valence-corrected chi connectivity index (χ2v) is 6.35.